The Morgan fingerprint density at radius 1 is 1.11 bits per heavy atom. The van der Waals surface area contributed by atoms with Crippen LogP contribution in [-0.4, -0.2) is 35.9 Å². The van der Waals surface area contributed by atoms with Gasteiger partial charge in [0, 0.05) is 13.1 Å². The molecule has 146 valence electrons. The summed E-state index contributed by atoms with van der Waals surface area (Å²) in [6.45, 7) is 1.37. The van der Waals surface area contributed by atoms with Gasteiger partial charge in [0.05, 0.1) is 30.1 Å². The van der Waals surface area contributed by atoms with Crippen LogP contribution in [0, 0.1) is 0 Å². The van der Waals surface area contributed by atoms with E-state index in [0.29, 0.717) is 24.5 Å². The lowest BCUT2D eigenvalue weighted by atomic mass is 10.1. The van der Waals surface area contributed by atoms with Crippen LogP contribution < -0.4 is 5.32 Å². The summed E-state index contributed by atoms with van der Waals surface area (Å²) in [5.41, 5.74) is 2.30. The first-order chi connectivity index (χ1) is 13.7. The Bertz CT molecular complexity index is 911. The number of rotatable bonds is 10. The fraction of sp³-hybridized carbons (Fsp3) is 0.300. The number of carboxylic acids is 1. The zero-order valence-corrected chi connectivity index (χ0v) is 15.5. The molecule has 2 heterocycles. The molecule has 0 aliphatic carbocycles. The monoisotopic (exact) mass is 381 g/mol. The molecular weight excluding hydrogens is 358 g/mol. The van der Waals surface area contributed by atoms with Gasteiger partial charge in [-0.3, -0.25) is 4.98 Å². The number of aromatic carboxylic acids is 1. The smallest absolute Gasteiger partial charge is 0.335 e. The second kappa shape index (κ2) is 9.72. The van der Waals surface area contributed by atoms with Gasteiger partial charge in [-0.2, -0.15) is 0 Å². The van der Waals surface area contributed by atoms with Gasteiger partial charge in [-0.1, -0.05) is 30.3 Å². The number of benzene rings is 1. The molecule has 0 saturated carbocycles. The first kappa shape index (κ1) is 19.7. The van der Waals surface area contributed by atoms with Crippen LogP contribution in [0.1, 0.15) is 39.6 Å². The van der Waals surface area contributed by atoms with Gasteiger partial charge in [0.1, 0.15) is 12.2 Å². The molecular formula is C20H23N5O3. The standard InChI is InChI=1S/C20H23N5O3/c26-13-18-10-16(20(27)28)9-17(23-18)11-21-12-19-24-22-14-25(19)8-4-7-15-5-2-1-3-6-15/h1-3,5-6,9-10,14,21,26H,4,7-8,11-13H2,(H,27,28). The minimum atomic E-state index is -1.04. The average molecular weight is 381 g/mol. The Kier molecular flexibility index (Phi) is 6.83. The molecule has 0 radical (unpaired) electrons. The van der Waals surface area contributed by atoms with E-state index in [2.05, 4.69) is 32.6 Å². The van der Waals surface area contributed by atoms with Gasteiger partial charge in [0.2, 0.25) is 0 Å². The Labute approximate surface area is 162 Å². The summed E-state index contributed by atoms with van der Waals surface area (Å²) in [7, 11) is 0. The maximum atomic E-state index is 11.2. The van der Waals surface area contributed by atoms with Crippen molar-refractivity contribution in [2.24, 2.45) is 0 Å². The molecule has 3 N–H and O–H groups in total. The number of aliphatic hydroxyl groups excluding tert-OH is 1. The van der Waals surface area contributed by atoms with Gasteiger partial charge in [-0.05, 0) is 30.5 Å². The van der Waals surface area contributed by atoms with Crippen LogP contribution in [0.25, 0.3) is 0 Å². The van der Waals surface area contributed by atoms with Crippen molar-refractivity contribution in [1.29, 1.82) is 0 Å². The topological polar surface area (TPSA) is 113 Å². The highest BCUT2D eigenvalue weighted by Crippen LogP contribution is 2.08. The largest absolute Gasteiger partial charge is 0.478 e. The van der Waals surface area contributed by atoms with Crippen molar-refractivity contribution in [1.82, 2.24) is 25.1 Å². The number of nitrogens with one attached hydrogen (secondary N) is 1. The molecule has 0 unspecified atom stereocenters. The average Bonchev–Trinajstić information content (AvgIpc) is 3.16. The molecule has 0 saturated heterocycles. The van der Waals surface area contributed by atoms with Gasteiger partial charge in [0.25, 0.3) is 0 Å². The predicted molar refractivity (Wildman–Crippen MR) is 102 cm³/mol. The van der Waals surface area contributed by atoms with E-state index in [0.717, 1.165) is 25.2 Å². The summed E-state index contributed by atoms with van der Waals surface area (Å²) in [5, 5.41) is 29.7. The Morgan fingerprint density at radius 2 is 1.89 bits per heavy atom. The van der Waals surface area contributed by atoms with E-state index in [1.54, 1.807) is 6.33 Å². The highest BCUT2D eigenvalue weighted by Gasteiger charge is 2.09. The first-order valence-electron chi connectivity index (χ1n) is 9.11. The maximum Gasteiger partial charge on any atom is 0.335 e. The first-order valence-corrected chi connectivity index (χ1v) is 9.11. The van der Waals surface area contributed by atoms with Crippen LogP contribution in [0.3, 0.4) is 0 Å². The minimum Gasteiger partial charge on any atom is -0.478 e. The van der Waals surface area contributed by atoms with Gasteiger partial charge in [-0.15, -0.1) is 10.2 Å². The van der Waals surface area contributed by atoms with Crippen LogP contribution in [0.4, 0.5) is 0 Å². The molecule has 0 bridgehead atoms. The van der Waals surface area contributed by atoms with Crippen molar-refractivity contribution in [3.63, 3.8) is 0 Å². The molecule has 8 heteroatoms. The summed E-state index contributed by atoms with van der Waals surface area (Å²) < 4.78 is 2.01. The maximum absolute atomic E-state index is 11.2. The number of nitrogens with zero attached hydrogens (tertiary/aromatic N) is 4. The van der Waals surface area contributed by atoms with Crippen molar-refractivity contribution in [2.45, 2.75) is 39.1 Å². The second-order valence-electron chi connectivity index (χ2n) is 6.44. The van der Waals surface area contributed by atoms with Crippen molar-refractivity contribution >= 4 is 5.97 Å². The molecule has 0 fully saturated rings. The van der Waals surface area contributed by atoms with Gasteiger partial charge in [-0.25, -0.2) is 4.79 Å². The third-order valence-corrected chi connectivity index (χ3v) is 4.33. The summed E-state index contributed by atoms with van der Waals surface area (Å²) >= 11 is 0. The van der Waals surface area contributed by atoms with E-state index in [4.69, 9.17) is 5.11 Å². The van der Waals surface area contributed by atoms with Crippen molar-refractivity contribution in [3.05, 3.63) is 77.1 Å². The molecule has 1 aromatic carbocycles. The van der Waals surface area contributed by atoms with Crippen molar-refractivity contribution in [2.75, 3.05) is 0 Å². The van der Waals surface area contributed by atoms with Gasteiger partial charge in [0.15, 0.2) is 0 Å². The summed E-state index contributed by atoms with van der Waals surface area (Å²) in [4.78, 5) is 15.4. The van der Waals surface area contributed by atoms with Crippen LogP contribution in [0.15, 0.2) is 48.8 Å². The molecule has 0 atom stereocenters. The number of carbonyl (C=O) groups is 1. The third kappa shape index (κ3) is 5.45. The fourth-order valence-corrected chi connectivity index (χ4v) is 2.95. The molecule has 28 heavy (non-hydrogen) atoms. The van der Waals surface area contributed by atoms with Crippen LogP contribution in [0.5, 0.6) is 0 Å². The molecule has 0 aliphatic heterocycles. The quantitative estimate of drug-likeness (QED) is 0.491. The molecule has 8 nitrogen and oxygen atoms in total. The highest BCUT2D eigenvalue weighted by atomic mass is 16.4. The zero-order chi connectivity index (χ0) is 19.8. The van der Waals surface area contributed by atoms with Crippen LogP contribution >= 0.6 is 0 Å². The number of hydrogen-bond acceptors (Lipinski definition) is 6. The SMILES string of the molecule is O=C(O)c1cc(CO)nc(CNCc2nncn2CCCc2ccccc2)c1. The molecule has 2 aromatic heterocycles. The van der Waals surface area contributed by atoms with E-state index in [1.165, 1.54) is 17.7 Å². The lowest BCUT2D eigenvalue weighted by Crippen LogP contribution is -2.18. The van der Waals surface area contributed by atoms with Crippen molar-refractivity contribution in [3.8, 4) is 0 Å². The van der Waals surface area contributed by atoms with Gasteiger partial charge < -0.3 is 20.1 Å². The molecule has 0 aliphatic rings. The number of pyridine rings is 1. The van der Waals surface area contributed by atoms with Gasteiger partial charge >= 0.3 is 5.97 Å². The zero-order valence-electron chi connectivity index (χ0n) is 15.5. The number of carboxylic acid groups (broad SMARTS) is 1. The third-order valence-electron chi connectivity index (χ3n) is 4.33. The highest BCUT2D eigenvalue weighted by molar-refractivity contribution is 5.87. The van der Waals surface area contributed by atoms with Crippen molar-refractivity contribution < 1.29 is 15.0 Å². The summed E-state index contributed by atoms with van der Waals surface area (Å²) in [6.07, 6.45) is 3.69. The molecule has 0 amide bonds. The van der Waals surface area contributed by atoms with E-state index >= 15 is 0 Å². The Hall–Kier alpha value is -3.10. The number of aliphatic hydroxyl groups is 1. The number of aryl methyl sites for hydroxylation is 2. The normalized spacial score (nSPS) is 10.9. The molecule has 3 aromatic rings. The van der Waals surface area contributed by atoms with E-state index in [9.17, 15) is 9.90 Å². The minimum absolute atomic E-state index is 0.111. The lowest BCUT2D eigenvalue weighted by Gasteiger charge is -2.09. The van der Waals surface area contributed by atoms with Crippen LogP contribution in [-0.2, 0) is 32.7 Å². The predicted octanol–water partition coefficient (Wildman–Crippen LogP) is 1.79. The number of aromatic nitrogens is 4. The Morgan fingerprint density at radius 3 is 2.64 bits per heavy atom. The summed E-state index contributed by atoms with van der Waals surface area (Å²) in [6, 6.07) is 13.2. The fourth-order valence-electron chi connectivity index (χ4n) is 2.95. The van der Waals surface area contributed by atoms with E-state index in [1.807, 2.05) is 22.8 Å². The van der Waals surface area contributed by atoms with Crippen LogP contribution in [0.2, 0.25) is 0 Å². The van der Waals surface area contributed by atoms with E-state index in [-0.39, 0.29) is 12.2 Å². The molecule has 0 spiro atoms. The Balaban J connectivity index is 1.52. The van der Waals surface area contributed by atoms with E-state index < -0.39 is 5.97 Å². The second-order valence-corrected chi connectivity index (χ2v) is 6.44. The molecule has 3 rings (SSSR count). The summed E-state index contributed by atoms with van der Waals surface area (Å²) in [5.74, 6) is -0.235. The lowest BCUT2D eigenvalue weighted by molar-refractivity contribution is 0.0696. The number of hydrogen-bond donors (Lipinski definition) is 3.